The molecule has 0 aliphatic rings. The molecule has 114 valence electrons. The summed E-state index contributed by atoms with van der Waals surface area (Å²) in [7, 11) is 0. The minimum atomic E-state index is -0.326. The second-order valence-corrected chi connectivity index (χ2v) is 5.04. The highest BCUT2D eigenvalue weighted by Gasteiger charge is 2.17. The summed E-state index contributed by atoms with van der Waals surface area (Å²) in [6, 6.07) is -0.326. The molecule has 2 rings (SSSR count). The van der Waals surface area contributed by atoms with Crippen LogP contribution < -0.4 is 0 Å². The van der Waals surface area contributed by atoms with Crippen molar-refractivity contribution < 1.29 is 4.79 Å². The van der Waals surface area contributed by atoms with E-state index in [1.165, 1.54) is 22.0 Å². The topological polar surface area (TPSA) is 78.5 Å². The van der Waals surface area contributed by atoms with Gasteiger partial charge >= 0.3 is 6.03 Å². The third-order valence-corrected chi connectivity index (χ3v) is 3.27. The minimum absolute atomic E-state index is 0.326. The molecular formula is C14H22N6O. The van der Waals surface area contributed by atoms with Crippen LogP contribution in [0, 0.1) is 0 Å². The van der Waals surface area contributed by atoms with Gasteiger partial charge in [0, 0.05) is 12.8 Å². The molecule has 7 heteroatoms. The molecular weight excluding hydrogens is 268 g/mol. The van der Waals surface area contributed by atoms with Gasteiger partial charge in [-0.2, -0.15) is 14.5 Å². The molecule has 21 heavy (non-hydrogen) atoms. The van der Waals surface area contributed by atoms with Crippen LogP contribution in [0.15, 0.2) is 12.7 Å². The Hall–Kier alpha value is -2.05. The van der Waals surface area contributed by atoms with Crippen molar-refractivity contribution >= 4 is 6.03 Å². The zero-order valence-electron chi connectivity index (χ0n) is 12.7. The van der Waals surface area contributed by atoms with Crippen molar-refractivity contribution in [2.45, 2.75) is 58.8 Å². The standard InChI is InChI=1S/C14H22N6O/c1-3-5-7-8-12-17-13(9-6-4-2)20(18-12)14(21)19-11-15-10-16-19/h10-11H,3-9H2,1-2H3. The van der Waals surface area contributed by atoms with E-state index in [9.17, 15) is 4.79 Å². The van der Waals surface area contributed by atoms with Crippen LogP contribution in [-0.4, -0.2) is 35.6 Å². The van der Waals surface area contributed by atoms with Gasteiger partial charge in [-0.05, 0) is 12.8 Å². The lowest BCUT2D eigenvalue weighted by atomic mass is 10.2. The van der Waals surface area contributed by atoms with E-state index in [1.54, 1.807) is 0 Å². The van der Waals surface area contributed by atoms with E-state index in [1.807, 2.05) is 0 Å². The Bertz CT molecular complexity index is 560. The van der Waals surface area contributed by atoms with E-state index in [4.69, 9.17) is 0 Å². The largest absolute Gasteiger partial charge is 0.372 e. The first-order chi connectivity index (χ1) is 10.3. The van der Waals surface area contributed by atoms with Crippen LogP contribution in [-0.2, 0) is 12.8 Å². The molecule has 0 unspecified atom stereocenters. The molecule has 0 atom stereocenters. The molecule has 2 heterocycles. The molecule has 0 saturated heterocycles. The Balaban J connectivity index is 2.18. The van der Waals surface area contributed by atoms with Gasteiger partial charge in [-0.1, -0.05) is 33.1 Å². The normalized spacial score (nSPS) is 11.0. The highest BCUT2D eigenvalue weighted by molar-refractivity contribution is 5.77. The Morgan fingerprint density at radius 2 is 1.95 bits per heavy atom. The molecule has 0 aromatic carbocycles. The number of carbonyl (C=O) groups is 1. The van der Waals surface area contributed by atoms with Crippen molar-refractivity contribution in [1.82, 2.24) is 29.5 Å². The van der Waals surface area contributed by atoms with Crippen molar-refractivity contribution in [1.29, 1.82) is 0 Å². The average Bonchev–Trinajstić information content (AvgIpc) is 3.14. The molecule has 2 aromatic heterocycles. The molecule has 0 fully saturated rings. The molecule has 7 nitrogen and oxygen atoms in total. The number of hydrogen-bond donors (Lipinski definition) is 0. The Morgan fingerprint density at radius 3 is 2.62 bits per heavy atom. The molecule has 0 bridgehead atoms. The van der Waals surface area contributed by atoms with Crippen LogP contribution in [0.1, 0.15) is 57.6 Å². The van der Waals surface area contributed by atoms with Crippen LogP contribution >= 0.6 is 0 Å². The van der Waals surface area contributed by atoms with E-state index in [2.05, 4.69) is 34.0 Å². The van der Waals surface area contributed by atoms with Gasteiger partial charge in [0.25, 0.3) is 0 Å². The SMILES string of the molecule is CCCCCc1nc(CCCC)n(C(=O)n2cncn2)n1. The van der Waals surface area contributed by atoms with E-state index < -0.39 is 0 Å². The van der Waals surface area contributed by atoms with Gasteiger partial charge in [0.1, 0.15) is 18.5 Å². The van der Waals surface area contributed by atoms with Crippen molar-refractivity contribution in [2.24, 2.45) is 0 Å². The lowest BCUT2D eigenvalue weighted by Gasteiger charge is -2.02. The summed E-state index contributed by atoms with van der Waals surface area (Å²) in [5.74, 6) is 1.45. The highest BCUT2D eigenvalue weighted by atomic mass is 16.2. The van der Waals surface area contributed by atoms with Crippen LogP contribution in [0.3, 0.4) is 0 Å². The summed E-state index contributed by atoms with van der Waals surface area (Å²) in [6.07, 6.45) is 9.66. The predicted octanol–water partition coefficient (Wildman–Crippen LogP) is 2.46. The minimum Gasteiger partial charge on any atom is -0.243 e. The summed E-state index contributed by atoms with van der Waals surface area (Å²) in [5.41, 5.74) is 0. The van der Waals surface area contributed by atoms with Gasteiger partial charge in [-0.15, -0.1) is 5.10 Å². The monoisotopic (exact) mass is 290 g/mol. The second-order valence-electron chi connectivity index (χ2n) is 5.04. The number of nitrogens with zero attached hydrogens (tertiary/aromatic N) is 6. The van der Waals surface area contributed by atoms with E-state index >= 15 is 0 Å². The van der Waals surface area contributed by atoms with Crippen molar-refractivity contribution in [3.63, 3.8) is 0 Å². The van der Waals surface area contributed by atoms with Gasteiger partial charge in [-0.25, -0.2) is 14.8 Å². The van der Waals surface area contributed by atoms with Gasteiger partial charge < -0.3 is 0 Å². The summed E-state index contributed by atoms with van der Waals surface area (Å²) < 4.78 is 2.55. The van der Waals surface area contributed by atoms with Crippen LogP contribution in [0.25, 0.3) is 0 Å². The van der Waals surface area contributed by atoms with Crippen LogP contribution in [0.2, 0.25) is 0 Å². The van der Waals surface area contributed by atoms with Crippen LogP contribution in [0.5, 0.6) is 0 Å². The van der Waals surface area contributed by atoms with E-state index in [-0.39, 0.29) is 6.03 Å². The van der Waals surface area contributed by atoms with Gasteiger partial charge in [0.05, 0.1) is 0 Å². The van der Waals surface area contributed by atoms with Crippen molar-refractivity contribution in [3.05, 3.63) is 24.3 Å². The van der Waals surface area contributed by atoms with Crippen molar-refractivity contribution in [3.8, 4) is 0 Å². The zero-order chi connectivity index (χ0) is 15.1. The summed E-state index contributed by atoms with van der Waals surface area (Å²) in [4.78, 5) is 20.7. The molecule has 0 radical (unpaired) electrons. The van der Waals surface area contributed by atoms with Gasteiger partial charge in [0.15, 0.2) is 5.82 Å². The van der Waals surface area contributed by atoms with Crippen molar-refractivity contribution in [2.75, 3.05) is 0 Å². The summed E-state index contributed by atoms with van der Waals surface area (Å²) >= 11 is 0. The maximum absolute atomic E-state index is 12.4. The number of carbonyl (C=O) groups excluding carboxylic acids is 1. The first-order valence-electron chi connectivity index (χ1n) is 7.60. The summed E-state index contributed by atoms with van der Waals surface area (Å²) in [5, 5.41) is 8.22. The average molecular weight is 290 g/mol. The molecule has 0 aliphatic heterocycles. The quantitative estimate of drug-likeness (QED) is 0.732. The number of unbranched alkanes of at least 4 members (excludes halogenated alkanes) is 3. The third-order valence-electron chi connectivity index (χ3n) is 3.27. The maximum Gasteiger partial charge on any atom is 0.372 e. The predicted molar refractivity (Wildman–Crippen MR) is 78.1 cm³/mol. The number of hydrogen-bond acceptors (Lipinski definition) is 5. The van der Waals surface area contributed by atoms with Gasteiger partial charge in [-0.3, -0.25) is 0 Å². The maximum atomic E-state index is 12.4. The fourth-order valence-corrected chi connectivity index (χ4v) is 2.08. The van der Waals surface area contributed by atoms with E-state index in [0.29, 0.717) is 5.82 Å². The lowest BCUT2D eigenvalue weighted by Crippen LogP contribution is -2.23. The number of aromatic nitrogens is 6. The van der Waals surface area contributed by atoms with Gasteiger partial charge in [0.2, 0.25) is 0 Å². The molecule has 0 spiro atoms. The molecule has 0 amide bonds. The fraction of sp³-hybridized carbons (Fsp3) is 0.643. The smallest absolute Gasteiger partial charge is 0.243 e. The first-order valence-corrected chi connectivity index (χ1v) is 7.60. The Kier molecular flexibility index (Phi) is 5.59. The van der Waals surface area contributed by atoms with E-state index in [0.717, 1.165) is 50.8 Å². The van der Waals surface area contributed by atoms with Crippen LogP contribution in [0.4, 0.5) is 4.79 Å². The number of aryl methyl sites for hydroxylation is 2. The lowest BCUT2D eigenvalue weighted by molar-refractivity contribution is 0.237. The molecule has 0 N–H and O–H groups in total. The Morgan fingerprint density at radius 1 is 1.14 bits per heavy atom. The second kappa shape index (κ2) is 7.66. The first kappa shape index (κ1) is 15.3. The molecule has 2 aromatic rings. The molecule has 0 saturated carbocycles. The summed E-state index contributed by atoms with van der Waals surface area (Å²) in [6.45, 7) is 4.27. The third kappa shape index (κ3) is 3.96. The highest BCUT2D eigenvalue weighted by Crippen LogP contribution is 2.08. The Labute approximate surface area is 124 Å². The fourth-order valence-electron chi connectivity index (χ4n) is 2.08. The zero-order valence-corrected chi connectivity index (χ0v) is 12.7. The number of rotatable bonds is 7. The molecule has 0 aliphatic carbocycles.